The molecule has 1 amide bonds. The Kier molecular flexibility index (Phi) is 5.47. The first kappa shape index (κ1) is 10.4. The summed E-state index contributed by atoms with van der Waals surface area (Å²) in [6.07, 6.45) is 0. The van der Waals surface area contributed by atoms with Crippen LogP contribution in [0.2, 0.25) is 0 Å². The van der Waals surface area contributed by atoms with Gasteiger partial charge < -0.3 is 20.1 Å². The largest absolute Gasteiger partial charge is 0.379 e. The van der Waals surface area contributed by atoms with Gasteiger partial charge in [-0.05, 0) is 0 Å². The molecule has 13 heavy (non-hydrogen) atoms. The summed E-state index contributed by atoms with van der Waals surface area (Å²) in [7, 11) is 0. The summed E-state index contributed by atoms with van der Waals surface area (Å²) in [6.45, 7) is 5.39. The SMILES string of the molecule is C1COCCN1.O=C1COCCN1. The molecule has 2 saturated heterocycles. The molecule has 0 aromatic heterocycles. The number of morpholine rings is 2. The molecule has 5 nitrogen and oxygen atoms in total. The molecule has 0 saturated carbocycles. The zero-order chi connectivity index (χ0) is 9.36. The van der Waals surface area contributed by atoms with Crippen molar-refractivity contribution in [2.75, 3.05) is 46.1 Å². The fourth-order valence-electron chi connectivity index (χ4n) is 0.994. The van der Waals surface area contributed by atoms with Crippen LogP contribution in [0.5, 0.6) is 0 Å². The van der Waals surface area contributed by atoms with E-state index in [9.17, 15) is 4.79 Å². The zero-order valence-electron chi connectivity index (χ0n) is 7.67. The average Bonchev–Trinajstić information content (AvgIpc) is 2.22. The molecule has 0 radical (unpaired) electrons. The number of carbonyl (C=O) groups excluding carboxylic acids is 1. The maximum atomic E-state index is 10.2. The van der Waals surface area contributed by atoms with Gasteiger partial charge in [-0.1, -0.05) is 0 Å². The van der Waals surface area contributed by atoms with Crippen molar-refractivity contribution in [2.45, 2.75) is 0 Å². The lowest BCUT2D eigenvalue weighted by atomic mass is 10.5. The first-order chi connectivity index (χ1) is 6.39. The molecular formula is C8H16N2O3. The molecule has 0 aromatic carbocycles. The van der Waals surface area contributed by atoms with E-state index >= 15 is 0 Å². The molecule has 0 bridgehead atoms. The second-order valence-corrected chi connectivity index (χ2v) is 2.76. The third-order valence-corrected chi connectivity index (χ3v) is 1.65. The molecule has 2 heterocycles. The molecule has 0 spiro atoms. The summed E-state index contributed by atoms with van der Waals surface area (Å²) >= 11 is 0. The van der Waals surface area contributed by atoms with Gasteiger partial charge in [-0.3, -0.25) is 4.79 Å². The van der Waals surface area contributed by atoms with Crippen molar-refractivity contribution in [3.05, 3.63) is 0 Å². The Bertz CT molecular complexity index is 129. The number of hydrogen-bond acceptors (Lipinski definition) is 4. The van der Waals surface area contributed by atoms with Crippen LogP contribution >= 0.6 is 0 Å². The van der Waals surface area contributed by atoms with Gasteiger partial charge in [0, 0.05) is 19.6 Å². The van der Waals surface area contributed by atoms with Crippen molar-refractivity contribution in [3.63, 3.8) is 0 Å². The molecule has 0 aromatic rings. The molecule has 2 aliphatic rings. The predicted molar refractivity (Wildman–Crippen MR) is 47.5 cm³/mol. The van der Waals surface area contributed by atoms with Gasteiger partial charge in [-0.15, -0.1) is 0 Å². The van der Waals surface area contributed by atoms with Crippen LogP contribution in [0.1, 0.15) is 0 Å². The standard InChI is InChI=1S/C4H7NO2.C4H9NO/c6-4-3-7-2-1-5-4;1-3-6-4-2-5-1/h1-3H2,(H,5,6);5H,1-4H2. The quantitative estimate of drug-likeness (QED) is 0.498. The molecule has 2 rings (SSSR count). The van der Waals surface area contributed by atoms with Crippen molar-refractivity contribution >= 4 is 5.91 Å². The number of carbonyl (C=O) groups is 1. The first-order valence-electron chi connectivity index (χ1n) is 4.52. The van der Waals surface area contributed by atoms with Gasteiger partial charge in [0.05, 0.1) is 19.8 Å². The minimum atomic E-state index is -0.00810. The van der Waals surface area contributed by atoms with E-state index in [1.165, 1.54) is 0 Å². The van der Waals surface area contributed by atoms with Crippen LogP contribution in [0.25, 0.3) is 0 Å². The van der Waals surface area contributed by atoms with Gasteiger partial charge in [0.1, 0.15) is 6.61 Å². The fraction of sp³-hybridized carbons (Fsp3) is 0.875. The Balaban J connectivity index is 0.000000132. The van der Waals surface area contributed by atoms with Crippen molar-refractivity contribution < 1.29 is 14.3 Å². The highest BCUT2D eigenvalue weighted by Crippen LogP contribution is 1.79. The normalized spacial score (nSPS) is 22.6. The van der Waals surface area contributed by atoms with Crippen LogP contribution < -0.4 is 10.6 Å². The van der Waals surface area contributed by atoms with Crippen molar-refractivity contribution in [1.82, 2.24) is 10.6 Å². The van der Waals surface area contributed by atoms with Crippen molar-refractivity contribution in [1.29, 1.82) is 0 Å². The Morgan fingerprint density at radius 3 is 1.92 bits per heavy atom. The van der Waals surface area contributed by atoms with Crippen LogP contribution in [-0.4, -0.2) is 52.0 Å². The Morgan fingerprint density at radius 1 is 1.00 bits per heavy atom. The highest BCUT2D eigenvalue weighted by Gasteiger charge is 2.04. The van der Waals surface area contributed by atoms with E-state index in [4.69, 9.17) is 9.47 Å². The van der Waals surface area contributed by atoms with E-state index in [1.54, 1.807) is 0 Å². The summed E-state index contributed by atoms with van der Waals surface area (Å²) in [5.41, 5.74) is 0. The van der Waals surface area contributed by atoms with E-state index in [1.807, 2.05) is 0 Å². The molecule has 76 valence electrons. The van der Waals surface area contributed by atoms with E-state index < -0.39 is 0 Å². The molecular weight excluding hydrogens is 172 g/mol. The van der Waals surface area contributed by atoms with E-state index in [0.29, 0.717) is 13.2 Å². The smallest absolute Gasteiger partial charge is 0.246 e. The van der Waals surface area contributed by atoms with E-state index in [0.717, 1.165) is 26.3 Å². The maximum Gasteiger partial charge on any atom is 0.246 e. The summed E-state index contributed by atoms with van der Waals surface area (Å²) in [5, 5.41) is 5.78. The molecule has 0 atom stereocenters. The van der Waals surface area contributed by atoms with Gasteiger partial charge in [0.2, 0.25) is 5.91 Å². The lowest BCUT2D eigenvalue weighted by Crippen LogP contribution is -2.36. The second-order valence-electron chi connectivity index (χ2n) is 2.76. The number of ether oxygens (including phenoxy) is 2. The van der Waals surface area contributed by atoms with Gasteiger partial charge in [-0.2, -0.15) is 0 Å². The van der Waals surface area contributed by atoms with Crippen LogP contribution in [0.3, 0.4) is 0 Å². The number of amides is 1. The third kappa shape index (κ3) is 5.57. The number of nitrogens with one attached hydrogen (secondary N) is 2. The Morgan fingerprint density at radius 2 is 1.69 bits per heavy atom. The molecule has 2 N–H and O–H groups in total. The fourth-order valence-corrected chi connectivity index (χ4v) is 0.994. The third-order valence-electron chi connectivity index (χ3n) is 1.65. The lowest BCUT2D eigenvalue weighted by molar-refractivity contribution is -0.128. The van der Waals surface area contributed by atoms with Crippen molar-refractivity contribution in [2.24, 2.45) is 0 Å². The number of hydrogen-bond donors (Lipinski definition) is 2. The lowest BCUT2D eigenvalue weighted by Gasteiger charge is -2.10. The molecule has 5 heteroatoms. The van der Waals surface area contributed by atoms with Crippen molar-refractivity contribution in [3.8, 4) is 0 Å². The highest BCUT2D eigenvalue weighted by molar-refractivity contribution is 5.77. The van der Waals surface area contributed by atoms with Crippen LogP contribution in [0, 0.1) is 0 Å². The summed E-state index contributed by atoms with van der Waals surface area (Å²) < 4.78 is 9.78. The van der Waals surface area contributed by atoms with Crippen LogP contribution in [0.15, 0.2) is 0 Å². The minimum absolute atomic E-state index is 0.00810. The van der Waals surface area contributed by atoms with Crippen LogP contribution in [0.4, 0.5) is 0 Å². The molecule has 0 aliphatic carbocycles. The first-order valence-corrected chi connectivity index (χ1v) is 4.52. The second kappa shape index (κ2) is 6.82. The average molecular weight is 188 g/mol. The van der Waals surface area contributed by atoms with E-state index in [2.05, 4.69) is 10.6 Å². The minimum Gasteiger partial charge on any atom is -0.379 e. The topological polar surface area (TPSA) is 59.6 Å². The molecule has 0 unspecified atom stereocenters. The van der Waals surface area contributed by atoms with Crippen LogP contribution in [-0.2, 0) is 14.3 Å². The number of rotatable bonds is 0. The molecule has 2 fully saturated rings. The van der Waals surface area contributed by atoms with Gasteiger partial charge in [0.15, 0.2) is 0 Å². The summed E-state index contributed by atoms with van der Waals surface area (Å²) in [4.78, 5) is 10.2. The van der Waals surface area contributed by atoms with Gasteiger partial charge in [-0.25, -0.2) is 0 Å². The van der Waals surface area contributed by atoms with E-state index in [-0.39, 0.29) is 12.5 Å². The maximum absolute atomic E-state index is 10.2. The Labute approximate surface area is 77.8 Å². The summed E-state index contributed by atoms with van der Waals surface area (Å²) in [5.74, 6) is -0.00810. The highest BCUT2D eigenvalue weighted by atomic mass is 16.5. The Hall–Kier alpha value is -0.650. The van der Waals surface area contributed by atoms with Gasteiger partial charge in [0.25, 0.3) is 0 Å². The monoisotopic (exact) mass is 188 g/mol. The molecule has 2 aliphatic heterocycles. The predicted octanol–water partition coefficient (Wildman–Crippen LogP) is -1.26. The van der Waals surface area contributed by atoms with Gasteiger partial charge >= 0.3 is 0 Å². The zero-order valence-corrected chi connectivity index (χ0v) is 7.67. The summed E-state index contributed by atoms with van der Waals surface area (Å²) in [6, 6.07) is 0.